The Kier molecular flexibility index (Phi) is 3.66. The van der Waals surface area contributed by atoms with Gasteiger partial charge in [0.15, 0.2) is 5.65 Å². The van der Waals surface area contributed by atoms with Crippen LogP contribution in [0.4, 0.5) is 10.1 Å². The summed E-state index contributed by atoms with van der Waals surface area (Å²) in [6, 6.07) is 6.07. The Bertz CT molecular complexity index is 891. The number of fused-ring (bicyclic) bond motifs is 1. The highest BCUT2D eigenvalue weighted by Gasteiger charge is 2.13. The second-order valence-corrected chi connectivity index (χ2v) is 5.80. The molecular weight excluding hydrogens is 351 g/mol. The molecule has 0 radical (unpaired) electrons. The van der Waals surface area contributed by atoms with E-state index in [1.54, 1.807) is 23.9 Å². The van der Waals surface area contributed by atoms with Crippen molar-refractivity contribution in [1.82, 2.24) is 14.8 Å². The van der Waals surface area contributed by atoms with Gasteiger partial charge in [-0.15, -0.1) is 0 Å². The van der Waals surface area contributed by atoms with Crippen LogP contribution in [0.25, 0.3) is 11.0 Å². The number of hydrogen-bond acceptors (Lipinski definition) is 3. The lowest BCUT2D eigenvalue weighted by atomic mass is 10.2. The number of aromatic nitrogens is 3. The van der Waals surface area contributed by atoms with Gasteiger partial charge < -0.3 is 5.32 Å². The van der Waals surface area contributed by atoms with Crippen LogP contribution in [-0.4, -0.2) is 20.7 Å². The number of pyridine rings is 1. The number of halogens is 2. The van der Waals surface area contributed by atoms with Gasteiger partial charge in [-0.1, -0.05) is 15.9 Å². The molecule has 0 unspecified atom stereocenters. The van der Waals surface area contributed by atoms with Crippen LogP contribution in [0.1, 0.15) is 16.1 Å². The molecule has 0 aliphatic carbocycles. The van der Waals surface area contributed by atoms with Gasteiger partial charge in [0.25, 0.3) is 5.91 Å². The van der Waals surface area contributed by atoms with Crippen LogP contribution in [0, 0.1) is 12.7 Å². The molecule has 112 valence electrons. The average Bonchev–Trinajstić information content (AvgIpc) is 2.73. The molecule has 1 amide bonds. The standard InChI is InChI=1S/C15H12BrFN4O/c1-8-12-6-10(7-18-14(12)21(2)20-8)19-15(22)11-4-3-9(16)5-13(11)17/h3-7H,1-2H3,(H,19,22). The van der Waals surface area contributed by atoms with Crippen molar-refractivity contribution in [3.05, 3.63) is 52.0 Å². The molecule has 0 bridgehead atoms. The summed E-state index contributed by atoms with van der Waals surface area (Å²) < 4.78 is 16.1. The summed E-state index contributed by atoms with van der Waals surface area (Å²) >= 11 is 3.16. The molecule has 7 heteroatoms. The third-order valence-electron chi connectivity index (χ3n) is 3.30. The molecular formula is C15H12BrFN4O. The first kappa shape index (κ1) is 14.6. The molecule has 0 spiro atoms. The van der Waals surface area contributed by atoms with Crippen molar-refractivity contribution < 1.29 is 9.18 Å². The summed E-state index contributed by atoms with van der Waals surface area (Å²) in [5.41, 5.74) is 2.02. The van der Waals surface area contributed by atoms with E-state index in [0.717, 1.165) is 16.7 Å². The fourth-order valence-corrected chi connectivity index (χ4v) is 2.58. The second-order valence-electron chi connectivity index (χ2n) is 4.88. The van der Waals surface area contributed by atoms with Crippen molar-refractivity contribution in [3.8, 4) is 0 Å². The van der Waals surface area contributed by atoms with Gasteiger partial charge in [-0.3, -0.25) is 9.48 Å². The normalized spacial score (nSPS) is 10.9. The maximum Gasteiger partial charge on any atom is 0.258 e. The van der Waals surface area contributed by atoms with Gasteiger partial charge in [0.05, 0.1) is 23.1 Å². The van der Waals surface area contributed by atoms with Crippen molar-refractivity contribution in [3.63, 3.8) is 0 Å². The second kappa shape index (κ2) is 5.49. The van der Waals surface area contributed by atoms with Crippen LogP contribution < -0.4 is 5.32 Å². The van der Waals surface area contributed by atoms with E-state index in [9.17, 15) is 9.18 Å². The molecule has 5 nitrogen and oxygen atoms in total. The van der Waals surface area contributed by atoms with E-state index in [4.69, 9.17) is 0 Å². The molecule has 3 rings (SSSR count). The molecule has 0 aliphatic heterocycles. The topological polar surface area (TPSA) is 59.8 Å². The van der Waals surface area contributed by atoms with Gasteiger partial charge >= 0.3 is 0 Å². The van der Waals surface area contributed by atoms with E-state index in [1.807, 2.05) is 6.92 Å². The number of nitrogens with zero attached hydrogens (tertiary/aromatic N) is 3. The maximum atomic E-state index is 13.8. The quantitative estimate of drug-likeness (QED) is 0.759. The Morgan fingerprint density at radius 1 is 1.36 bits per heavy atom. The molecule has 2 heterocycles. The molecule has 0 fully saturated rings. The largest absolute Gasteiger partial charge is 0.320 e. The Morgan fingerprint density at radius 2 is 2.14 bits per heavy atom. The number of anilines is 1. The number of rotatable bonds is 2. The highest BCUT2D eigenvalue weighted by Crippen LogP contribution is 2.21. The van der Waals surface area contributed by atoms with Crippen LogP contribution >= 0.6 is 15.9 Å². The number of amides is 1. The van der Waals surface area contributed by atoms with Gasteiger partial charge in [-0.2, -0.15) is 5.10 Å². The molecule has 3 aromatic rings. The predicted octanol–water partition coefficient (Wildman–Crippen LogP) is 3.43. The van der Waals surface area contributed by atoms with Crippen molar-refractivity contribution in [2.75, 3.05) is 5.32 Å². The highest BCUT2D eigenvalue weighted by molar-refractivity contribution is 9.10. The van der Waals surface area contributed by atoms with Crippen molar-refractivity contribution in [1.29, 1.82) is 0 Å². The molecule has 0 aliphatic rings. The van der Waals surface area contributed by atoms with Gasteiger partial charge in [0, 0.05) is 16.9 Å². The van der Waals surface area contributed by atoms with Crippen molar-refractivity contribution >= 4 is 38.6 Å². The monoisotopic (exact) mass is 362 g/mol. The fraction of sp³-hybridized carbons (Fsp3) is 0.133. The summed E-state index contributed by atoms with van der Waals surface area (Å²) in [5, 5.41) is 7.77. The minimum Gasteiger partial charge on any atom is -0.320 e. The average molecular weight is 363 g/mol. The van der Waals surface area contributed by atoms with E-state index < -0.39 is 11.7 Å². The number of nitrogens with one attached hydrogen (secondary N) is 1. The molecule has 22 heavy (non-hydrogen) atoms. The summed E-state index contributed by atoms with van der Waals surface area (Å²) in [6.07, 6.45) is 1.53. The minimum atomic E-state index is -0.585. The van der Waals surface area contributed by atoms with E-state index >= 15 is 0 Å². The Balaban J connectivity index is 1.92. The molecule has 0 saturated carbocycles. The molecule has 1 N–H and O–H groups in total. The van der Waals surface area contributed by atoms with Crippen LogP contribution in [-0.2, 0) is 7.05 Å². The Labute approximate surface area is 134 Å². The fourth-order valence-electron chi connectivity index (χ4n) is 2.25. The summed E-state index contributed by atoms with van der Waals surface area (Å²) in [5.74, 6) is -1.11. The smallest absolute Gasteiger partial charge is 0.258 e. The summed E-state index contributed by atoms with van der Waals surface area (Å²) in [4.78, 5) is 16.4. The third-order valence-corrected chi connectivity index (χ3v) is 3.79. The summed E-state index contributed by atoms with van der Waals surface area (Å²) in [7, 11) is 1.80. The Morgan fingerprint density at radius 3 is 2.86 bits per heavy atom. The van der Waals surface area contributed by atoms with Crippen molar-refractivity contribution in [2.24, 2.45) is 7.05 Å². The number of hydrogen-bond donors (Lipinski definition) is 1. The van der Waals surface area contributed by atoms with Gasteiger partial charge in [-0.25, -0.2) is 9.37 Å². The van der Waals surface area contributed by atoms with Gasteiger partial charge in [-0.05, 0) is 31.2 Å². The van der Waals surface area contributed by atoms with Crippen LogP contribution in [0.3, 0.4) is 0 Å². The van der Waals surface area contributed by atoms with E-state index in [1.165, 1.54) is 18.3 Å². The number of carbonyl (C=O) groups is 1. The van der Waals surface area contributed by atoms with Gasteiger partial charge in [0.1, 0.15) is 5.82 Å². The lowest BCUT2D eigenvalue weighted by Gasteiger charge is -2.06. The maximum absolute atomic E-state index is 13.8. The number of carbonyl (C=O) groups excluding carboxylic acids is 1. The molecule has 0 atom stereocenters. The van der Waals surface area contributed by atoms with E-state index in [0.29, 0.717) is 10.2 Å². The predicted molar refractivity (Wildman–Crippen MR) is 85.3 cm³/mol. The van der Waals surface area contributed by atoms with E-state index in [-0.39, 0.29) is 5.56 Å². The van der Waals surface area contributed by atoms with Crippen LogP contribution in [0.2, 0.25) is 0 Å². The Hall–Kier alpha value is -2.28. The van der Waals surface area contributed by atoms with E-state index in [2.05, 4.69) is 31.3 Å². The molecule has 0 saturated heterocycles. The molecule has 1 aromatic carbocycles. The minimum absolute atomic E-state index is 0.0220. The first-order chi connectivity index (χ1) is 10.5. The first-order valence-electron chi connectivity index (χ1n) is 6.51. The molecule has 2 aromatic heterocycles. The third kappa shape index (κ3) is 2.59. The highest BCUT2D eigenvalue weighted by atomic mass is 79.9. The first-order valence-corrected chi connectivity index (χ1v) is 7.31. The van der Waals surface area contributed by atoms with Crippen LogP contribution in [0.15, 0.2) is 34.9 Å². The van der Waals surface area contributed by atoms with Crippen molar-refractivity contribution in [2.45, 2.75) is 6.92 Å². The number of aryl methyl sites for hydroxylation is 2. The summed E-state index contributed by atoms with van der Waals surface area (Å²) in [6.45, 7) is 1.87. The van der Waals surface area contributed by atoms with Crippen LogP contribution in [0.5, 0.6) is 0 Å². The zero-order chi connectivity index (χ0) is 15.9. The van der Waals surface area contributed by atoms with Gasteiger partial charge in [0.2, 0.25) is 0 Å². The number of benzene rings is 1. The zero-order valence-electron chi connectivity index (χ0n) is 11.9. The zero-order valence-corrected chi connectivity index (χ0v) is 13.5. The lowest BCUT2D eigenvalue weighted by molar-refractivity contribution is 0.102. The lowest BCUT2D eigenvalue weighted by Crippen LogP contribution is -2.13. The SMILES string of the molecule is Cc1nn(C)c2ncc(NC(=O)c3ccc(Br)cc3F)cc12.